The Kier molecular flexibility index (Phi) is 5.83. The predicted octanol–water partition coefficient (Wildman–Crippen LogP) is 2.37. The van der Waals surface area contributed by atoms with Crippen molar-refractivity contribution in [3.05, 3.63) is 29.8 Å². The monoisotopic (exact) mass is 412 g/mol. The molecule has 1 aromatic heterocycles. The molecule has 0 bridgehead atoms. The second kappa shape index (κ2) is 7.93. The number of thioether (sulfide) groups is 1. The molecule has 7 nitrogen and oxygen atoms in total. The van der Waals surface area contributed by atoms with Crippen LogP contribution in [0.1, 0.15) is 18.9 Å². The smallest absolute Gasteiger partial charge is 0.233 e. The third-order valence-electron chi connectivity index (χ3n) is 4.02. The van der Waals surface area contributed by atoms with Gasteiger partial charge in [-0.25, -0.2) is 8.42 Å². The normalized spacial score (nSPS) is 19.8. The maximum Gasteiger partial charge on any atom is 0.233 e. The van der Waals surface area contributed by atoms with Crippen molar-refractivity contribution in [1.82, 2.24) is 15.5 Å². The number of aryl methyl sites for hydroxylation is 1. The van der Waals surface area contributed by atoms with Gasteiger partial charge in [0.05, 0.1) is 16.8 Å². The molecule has 140 valence electrons. The van der Waals surface area contributed by atoms with Crippen molar-refractivity contribution >= 4 is 49.7 Å². The van der Waals surface area contributed by atoms with Gasteiger partial charge in [0.2, 0.25) is 11.0 Å². The average Bonchev–Trinajstić information content (AvgIpc) is 3.15. The highest BCUT2D eigenvalue weighted by Gasteiger charge is 2.30. The lowest BCUT2D eigenvalue weighted by Gasteiger charge is -2.14. The van der Waals surface area contributed by atoms with Crippen molar-refractivity contribution < 1.29 is 13.2 Å². The molecule has 1 aliphatic rings. The SMILES string of the molecule is Cc1ccccc1Nc1nnc(S[C@@H](C)C(=O)N[C@@H]2CCS(=O)(=O)C2)s1. The Labute approximate surface area is 160 Å². The van der Waals surface area contributed by atoms with Crippen LogP contribution in [-0.2, 0) is 14.6 Å². The molecule has 2 atom stereocenters. The Morgan fingerprint density at radius 1 is 1.35 bits per heavy atom. The first-order valence-electron chi connectivity index (χ1n) is 8.16. The van der Waals surface area contributed by atoms with E-state index in [1.165, 1.54) is 23.1 Å². The van der Waals surface area contributed by atoms with Gasteiger partial charge in [-0.1, -0.05) is 41.3 Å². The molecule has 1 aromatic carbocycles. The Morgan fingerprint density at radius 3 is 2.81 bits per heavy atom. The number of para-hydroxylation sites is 1. The first kappa shape index (κ1) is 19.1. The topological polar surface area (TPSA) is 101 Å². The molecule has 2 heterocycles. The van der Waals surface area contributed by atoms with Gasteiger partial charge in [0.25, 0.3) is 0 Å². The maximum atomic E-state index is 12.3. The Morgan fingerprint density at radius 2 is 2.12 bits per heavy atom. The minimum atomic E-state index is -3.01. The predicted molar refractivity (Wildman–Crippen MR) is 105 cm³/mol. The summed E-state index contributed by atoms with van der Waals surface area (Å²) in [4.78, 5) is 12.3. The first-order chi connectivity index (χ1) is 12.3. The van der Waals surface area contributed by atoms with Gasteiger partial charge in [0, 0.05) is 11.7 Å². The summed E-state index contributed by atoms with van der Waals surface area (Å²) in [5.41, 5.74) is 2.07. The van der Waals surface area contributed by atoms with Gasteiger partial charge in [-0.2, -0.15) is 0 Å². The van der Waals surface area contributed by atoms with Crippen LogP contribution in [0.25, 0.3) is 0 Å². The molecule has 3 rings (SSSR count). The van der Waals surface area contributed by atoms with Gasteiger partial charge in [0.15, 0.2) is 14.2 Å². The summed E-state index contributed by atoms with van der Waals surface area (Å²) in [6, 6.07) is 7.60. The molecule has 1 aliphatic heterocycles. The molecule has 26 heavy (non-hydrogen) atoms. The van der Waals surface area contributed by atoms with Crippen LogP contribution < -0.4 is 10.6 Å². The van der Waals surface area contributed by atoms with E-state index in [0.29, 0.717) is 15.9 Å². The lowest BCUT2D eigenvalue weighted by Crippen LogP contribution is -2.39. The standard InChI is InChI=1S/C16H20N4O3S3/c1-10-5-3-4-6-13(10)18-15-19-20-16(25-15)24-11(2)14(21)17-12-7-8-26(22,23)9-12/h3-6,11-12H,7-9H2,1-2H3,(H,17,21)(H,18,19)/t11-,12+/m0/s1. The molecule has 1 saturated heterocycles. The van der Waals surface area contributed by atoms with Crippen LogP contribution in [0, 0.1) is 6.92 Å². The highest BCUT2D eigenvalue weighted by Crippen LogP contribution is 2.31. The average molecular weight is 413 g/mol. The molecule has 0 radical (unpaired) electrons. The number of amides is 1. The van der Waals surface area contributed by atoms with Crippen molar-refractivity contribution in [2.24, 2.45) is 0 Å². The zero-order valence-electron chi connectivity index (χ0n) is 14.4. The number of nitrogens with zero attached hydrogens (tertiary/aromatic N) is 2. The largest absolute Gasteiger partial charge is 0.351 e. The molecule has 10 heteroatoms. The number of carbonyl (C=O) groups is 1. The van der Waals surface area contributed by atoms with Crippen molar-refractivity contribution in [2.75, 3.05) is 16.8 Å². The van der Waals surface area contributed by atoms with Crippen LogP contribution in [0.4, 0.5) is 10.8 Å². The zero-order valence-corrected chi connectivity index (χ0v) is 16.9. The highest BCUT2D eigenvalue weighted by molar-refractivity contribution is 8.02. The van der Waals surface area contributed by atoms with Crippen LogP contribution in [0.3, 0.4) is 0 Å². The summed E-state index contributed by atoms with van der Waals surface area (Å²) in [6.07, 6.45) is 0.481. The third-order valence-corrected chi connectivity index (χ3v) is 7.81. The molecule has 2 aromatic rings. The minimum Gasteiger partial charge on any atom is -0.351 e. The number of carbonyl (C=O) groups excluding carboxylic acids is 1. The summed E-state index contributed by atoms with van der Waals surface area (Å²) < 4.78 is 23.6. The molecule has 0 saturated carbocycles. The Balaban J connectivity index is 1.55. The minimum absolute atomic E-state index is 0.0272. The van der Waals surface area contributed by atoms with Crippen LogP contribution in [-0.4, -0.2) is 47.3 Å². The van der Waals surface area contributed by atoms with Crippen LogP contribution >= 0.6 is 23.1 Å². The quantitative estimate of drug-likeness (QED) is 0.703. The van der Waals surface area contributed by atoms with Crippen molar-refractivity contribution in [2.45, 2.75) is 35.9 Å². The Hall–Kier alpha value is -1.65. The summed E-state index contributed by atoms with van der Waals surface area (Å²) in [5.74, 6) is -0.0100. The zero-order chi connectivity index (χ0) is 18.7. The molecule has 0 unspecified atom stereocenters. The van der Waals surface area contributed by atoms with Crippen molar-refractivity contribution in [3.63, 3.8) is 0 Å². The van der Waals surface area contributed by atoms with E-state index in [0.717, 1.165) is 11.3 Å². The molecule has 0 spiro atoms. The number of anilines is 2. The fourth-order valence-corrected chi connectivity index (χ4v) is 6.16. The van der Waals surface area contributed by atoms with Gasteiger partial charge in [-0.05, 0) is 31.9 Å². The second-order valence-electron chi connectivity index (χ2n) is 6.18. The molecular formula is C16H20N4O3S3. The highest BCUT2D eigenvalue weighted by atomic mass is 32.2. The molecule has 2 N–H and O–H groups in total. The van der Waals surface area contributed by atoms with Gasteiger partial charge in [-0.3, -0.25) is 4.79 Å². The lowest BCUT2D eigenvalue weighted by molar-refractivity contribution is -0.120. The number of benzene rings is 1. The number of hydrogen-bond donors (Lipinski definition) is 2. The molecule has 0 aliphatic carbocycles. The summed E-state index contributed by atoms with van der Waals surface area (Å²) in [6.45, 7) is 3.79. The number of aromatic nitrogens is 2. The van der Waals surface area contributed by atoms with Crippen LogP contribution in [0.5, 0.6) is 0 Å². The van der Waals surface area contributed by atoms with Crippen molar-refractivity contribution in [1.29, 1.82) is 0 Å². The van der Waals surface area contributed by atoms with Gasteiger partial charge < -0.3 is 10.6 Å². The fraction of sp³-hybridized carbons (Fsp3) is 0.438. The first-order valence-corrected chi connectivity index (χ1v) is 11.7. The maximum absolute atomic E-state index is 12.3. The summed E-state index contributed by atoms with van der Waals surface area (Å²) in [5, 5.41) is 14.5. The summed E-state index contributed by atoms with van der Waals surface area (Å²) in [7, 11) is -3.01. The van der Waals surface area contributed by atoms with Gasteiger partial charge >= 0.3 is 0 Å². The molecule has 1 fully saturated rings. The van der Waals surface area contributed by atoms with Crippen LogP contribution in [0.15, 0.2) is 28.6 Å². The number of rotatable bonds is 6. The van der Waals surface area contributed by atoms with E-state index < -0.39 is 9.84 Å². The molecule has 1 amide bonds. The van der Waals surface area contributed by atoms with E-state index in [4.69, 9.17) is 0 Å². The fourth-order valence-electron chi connectivity index (χ4n) is 2.57. The third kappa shape index (κ3) is 4.95. The van der Waals surface area contributed by atoms with E-state index >= 15 is 0 Å². The van der Waals surface area contributed by atoms with E-state index in [-0.39, 0.29) is 28.7 Å². The Bertz CT molecular complexity index is 898. The second-order valence-corrected chi connectivity index (χ2v) is 11.0. The number of sulfone groups is 1. The number of nitrogens with one attached hydrogen (secondary N) is 2. The number of hydrogen-bond acceptors (Lipinski definition) is 8. The van der Waals surface area contributed by atoms with E-state index in [1.54, 1.807) is 6.92 Å². The van der Waals surface area contributed by atoms with E-state index in [1.807, 2.05) is 31.2 Å². The molecular weight excluding hydrogens is 392 g/mol. The summed E-state index contributed by atoms with van der Waals surface area (Å²) >= 11 is 2.69. The van der Waals surface area contributed by atoms with Gasteiger partial charge in [-0.15, -0.1) is 10.2 Å². The van der Waals surface area contributed by atoms with Gasteiger partial charge in [0.1, 0.15) is 0 Å². The van der Waals surface area contributed by atoms with Crippen molar-refractivity contribution in [3.8, 4) is 0 Å². The lowest BCUT2D eigenvalue weighted by atomic mass is 10.2. The van der Waals surface area contributed by atoms with Crippen LogP contribution in [0.2, 0.25) is 0 Å². The van der Waals surface area contributed by atoms with E-state index in [2.05, 4.69) is 20.8 Å². The van der Waals surface area contributed by atoms with E-state index in [9.17, 15) is 13.2 Å².